The van der Waals surface area contributed by atoms with Crippen LogP contribution in [0.2, 0.25) is 0 Å². The molecule has 1 aliphatic heterocycles. The van der Waals surface area contributed by atoms with E-state index in [0.29, 0.717) is 18.1 Å². The van der Waals surface area contributed by atoms with Crippen molar-refractivity contribution in [3.8, 4) is 5.82 Å². The quantitative estimate of drug-likeness (QED) is 0.899. The van der Waals surface area contributed by atoms with Crippen LogP contribution < -0.4 is 5.32 Å². The topological polar surface area (TPSA) is 85.2 Å². The largest absolute Gasteiger partial charge is 0.376 e. The highest BCUT2D eigenvalue weighted by atomic mass is 16.5. The Morgan fingerprint density at radius 3 is 3.08 bits per heavy atom. The van der Waals surface area contributed by atoms with Gasteiger partial charge in [0.2, 0.25) is 0 Å². The van der Waals surface area contributed by atoms with Crippen molar-refractivity contribution in [2.75, 3.05) is 25.0 Å². The van der Waals surface area contributed by atoms with E-state index < -0.39 is 0 Å². The fraction of sp³-hybridized carbons (Fsp3) is 0.529. The summed E-state index contributed by atoms with van der Waals surface area (Å²) < 4.78 is 7.50. The van der Waals surface area contributed by atoms with Crippen molar-refractivity contribution in [2.45, 2.75) is 31.8 Å². The van der Waals surface area contributed by atoms with Crippen molar-refractivity contribution >= 4 is 11.7 Å². The third-order valence-electron chi connectivity index (χ3n) is 4.59. The third-order valence-corrected chi connectivity index (χ3v) is 4.59. The Balaban J connectivity index is 1.40. The van der Waals surface area contributed by atoms with Crippen LogP contribution in [0.3, 0.4) is 0 Å². The minimum absolute atomic E-state index is 0.130. The van der Waals surface area contributed by atoms with Crippen LogP contribution in [0.1, 0.15) is 25.7 Å². The highest BCUT2D eigenvalue weighted by Crippen LogP contribution is 2.30. The van der Waals surface area contributed by atoms with Crippen LogP contribution in [-0.2, 0) is 4.74 Å². The standard InChI is InChI=1S/C17H22N6O2/c24-17(22-8-2-3-14(9-22)25-10-13-5-6-13)21-15-4-1-7-19-16(15)23-12-18-11-20-23/h1,4,7,11-14H,2-3,5-6,8-10H2,(H,21,24)/t14-/m0/s1. The maximum Gasteiger partial charge on any atom is 0.322 e. The molecule has 0 spiro atoms. The summed E-state index contributed by atoms with van der Waals surface area (Å²) in [4.78, 5) is 22.7. The number of ether oxygens (including phenoxy) is 1. The zero-order valence-corrected chi connectivity index (χ0v) is 14.0. The van der Waals surface area contributed by atoms with Gasteiger partial charge in [-0.15, -0.1) is 0 Å². The van der Waals surface area contributed by atoms with E-state index in [1.807, 2.05) is 11.0 Å². The predicted octanol–water partition coefficient (Wildman–Crippen LogP) is 2.09. The molecule has 8 nitrogen and oxygen atoms in total. The van der Waals surface area contributed by atoms with Crippen molar-refractivity contribution in [1.29, 1.82) is 0 Å². The molecule has 2 aromatic rings. The van der Waals surface area contributed by atoms with Crippen LogP contribution in [-0.4, -0.2) is 56.5 Å². The first-order valence-corrected chi connectivity index (χ1v) is 8.77. The molecule has 4 rings (SSSR count). The Kier molecular flexibility index (Phi) is 4.60. The Morgan fingerprint density at radius 1 is 1.36 bits per heavy atom. The molecular weight excluding hydrogens is 320 g/mol. The van der Waals surface area contributed by atoms with Gasteiger partial charge < -0.3 is 15.0 Å². The van der Waals surface area contributed by atoms with E-state index in [0.717, 1.165) is 31.9 Å². The zero-order chi connectivity index (χ0) is 17.1. The molecule has 1 saturated carbocycles. The van der Waals surface area contributed by atoms with Gasteiger partial charge in [-0.1, -0.05) is 0 Å². The van der Waals surface area contributed by atoms with Gasteiger partial charge in [-0.3, -0.25) is 0 Å². The maximum absolute atomic E-state index is 12.7. The fourth-order valence-corrected chi connectivity index (χ4v) is 3.00. The van der Waals surface area contributed by atoms with E-state index in [-0.39, 0.29) is 12.1 Å². The Labute approximate surface area is 146 Å². The molecule has 2 aromatic heterocycles. The minimum atomic E-state index is -0.130. The van der Waals surface area contributed by atoms with Crippen molar-refractivity contribution in [3.05, 3.63) is 31.0 Å². The highest BCUT2D eigenvalue weighted by Gasteiger charge is 2.28. The maximum atomic E-state index is 12.7. The second kappa shape index (κ2) is 7.18. The number of hydrogen-bond acceptors (Lipinski definition) is 5. The second-order valence-electron chi connectivity index (χ2n) is 6.63. The number of rotatable bonds is 5. The number of hydrogen-bond donors (Lipinski definition) is 1. The van der Waals surface area contributed by atoms with Crippen LogP contribution >= 0.6 is 0 Å². The highest BCUT2D eigenvalue weighted by molar-refractivity contribution is 5.91. The second-order valence-corrected chi connectivity index (χ2v) is 6.63. The van der Waals surface area contributed by atoms with Crippen LogP contribution in [0.25, 0.3) is 5.82 Å². The molecule has 1 atom stereocenters. The third kappa shape index (κ3) is 3.96. The molecule has 0 aromatic carbocycles. The molecule has 132 valence electrons. The summed E-state index contributed by atoms with van der Waals surface area (Å²) in [6.45, 7) is 2.21. The first kappa shape index (κ1) is 16.0. The van der Waals surface area contributed by atoms with E-state index in [1.165, 1.54) is 23.9 Å². The summed E-state index contributed by atoms with van der Waals surface area (Å²) in [6.07, 6.45) is 9.34. The molecule has 1 saturated heterocycles. The first-order chi connectivity index (χ1) is 12.3. The number of piperidine rings is 1. The number of likely N-dealkylation sites (tertiary alicyclic amines) is 1. The molecule has 2 aliphatic rings. The number of nitrogens with zero attached hydrogens (tertiary/aromatic N) is 5. The van der Waals surface area contributed by atoms with Crippen molar-refractivity contribution in [1.82, 2.24) is 24.6 Å². The van der Waals surface area contributed by atoms with E-state index >= 15 is 0 Å². The molecule has 8 heteroatoms. The van der Waals surface area contributed by atoms with Gasteiger partial charge in [-0.2, -0.15) is 5.10 Å². The Morgan fingerprint density at radius 2 is 2.28 bits per heavy atom. The number of amides is 2. The number of pyridine rings is 1. The van der Waals surface area contributed by atoms with Crippen LogP contribution in [0.5, 0.6) is 0 Å². The summed E-state index contributed by atoms with van der Waals surface area (Å²) in [5, 5.41) is 7.03. The van der Waals surface area contributed by atoms with Gasteiger partial charge in [0.05, 0.1) is 11.8 Å². The van der Waals surface area contributed by atoms with Gasteiger partial charge in [0.15, 0.2) is 5.82 Å². The van der Waals surface area contributed by atoms with Gasteiger partial charge >= 0.3 is 6.03 Å². The molecule has 2 amide bonds. The number of urea groups is 1. The monoisotopic (exact) mass is 342 g/mol. The molecule has 0 radical (unpaired) electrons. The van der Waals surface area contributed by atoms with Gasteiger partial charge in [0.25, 0.3) is 0 Å². The number of carbonyl (C=O) groups is 1. The van der Waals surface area contributed by atoms with Gasteiger partial charge in [0.1, 0.15) is 12.7 Å². The van der Waals surface area contributed by atoms with E-state index in [4.69, 9.17) is 4.74 Å². The number of aromatic nitrogens is 4. The number of nitrogens with one attached hydrogen (secondary N) is 1. The van der Waals surface area contributed by atoms with Crippen LogP contribution in [0, 0.1) is 5.92 Å². The summed E-state index contributed by atoms with van der Waals surface area (Å²) >= 11 is 0. The van der Waals surface area contributed by atoms with Gasteiger partial charge in [-0.25, -0.2) is 19.4 Å². The Hall–Kier alpha value is -2.48. The predicted molar refractivity (Wildman–Crippen MR) is 91.4 cm³/mol. The molecule has 25 heavy (non-hydrogen) atoms. The molecule has 3 heterocycles. The van der Waals surface area contributed by atoms with Gasteiger partial charge in [0, 0.05) is 25.9 Å². The molecule has 2 fully saturated rings. The smallest absolute Gasteiger partial charge is 0.322 e. The molecule has 0 unspecified atom stereocenters. The number of anilines is 1. The lowest BCUT2D eigenvalue weighted by atomic mass is 10.1. The molecule has 0 bridgehead atoms. The Bertz CT molecular complexity index is 716. The molecule has 1 N–H and O–H groups in total. The lowest BCUT2D eigenvalue weighted by Gasteiger charge is -2.32. The van der Waals surface area contributed by atoms with Crippen molar-refractivity contribution in [3.63, 3.8) is 0 Å². The zero-order valence-electron chi connectivity index (χ0n) is 14.0. The van der Waals surface area contributed by atoms with Crippen LogP contribution in [0.15, 0.2) is 31.0 Å². The SMILES string of the molecule is O=C(Nc1cccnc1-n1cncn1)N1CCC[C@H](OCC2CC2)C1. The number of carbonyl (C=O) groups excluding carboxylic acids is 1. The van der Waals surface area contributed by atoms with Crippen molar-refractivity contribution in [2.24, 2.45) is 5.92 Å². The molecular formula is C17H22N6O2. The summed E-state index contributed by atoms with van der Waals surface area (Å²) in [5.74, 6) is 1.29. The van der Waals surface area contributed by atoms with E-state index in [2.05, 4.69) is 20.4 Å². The van der Waals surface area contributed by atoms with E-state index in [1.54, 1.807) is 18.6 Å². The first-order valence-electron chi connectivity index (χ1n) is 8.77. The lowest BCUT2D eigenvalue weighted by molar-refractivity contribution is 0.00597. The normalized spacial score (nSPS) is 20.5. The van der Waals surface area contributed by atoms with E-state index in [9.17, 15) is 4.79 Å². The lowest BCUT2D eigenvalue weighted by Crippen LogP contribution is -2.45. The van der Waals surface area contributed by atoms with Crippen molar-refractivity contribution < 1.29 is 9.53 Å². The minimum Gasteiger partial charge on any atom is -0.376 e. The summed E-state index contributed by atoms with van der Waals surface area (Å²) in [5.41, 5.74) is 0.610. The molecule has 1 aliphatic carbocycles. The average Bonchev–Trinajstić information content (AvgIpc) is 3.32. The summed E-state index contributed by atoms with van der Waals surface area (Å²) in [7, 11) is 0. The average molecular weight is 342 g/mol. The fourth-order valence-electron chi connectivity index (χ4n) is 3.00. The van der Waals surface area contributed by atoms with Crippen LogP contribution in [0.4, 0.5) is 10.5 Å². The summed E-state index contributed by atoms with van der Waals surface area (Å²) in [6, 6.07) is 3.47. The van der Waals surface area contributed by atoms with Gasteiger partial charge in [-0.05, 0) is 43.7 Å².